The van der Waals surface area contributed by atoms with Gasteiger partial charge in [0, 0.05) is 4.88 Å². The molecule has 0 aliphatic carbocycles. The molecule has 0 bridgehead atoms. The summed E-state index contributed by atoms with van der Waals surface area (Å²) in [6.45, 7) is 7.60. The lowest BCUT2D eigenvalue weighted by Crippen LogP contribution is -2.61. The number of thiazole rings is 1. The molecule has 0 aromatic carbocycles. The molecule has 1 fully saturated rings. The van der Waals surface area contributed by atoms with Crippen molar-refractivity contribution < 1.29 is 5.11 Å². The van der Waals surface area contributed by atoms with Gasteiger partial charge in [0.2, 0.25) is 0 Å². The first-order valence-electron chi connectivity index (χ1n) is 4.95. The number of aliphatic hydroxyl groups is 1. The molecule has 0 radical (unpaired) electrons. The summed E-state index contributed by atoms with van der Waals surface area (Å²) in [4.78, 5) is 7.88. The van der Waals surface area contributed by atoms with E-state index in [1.165, 1.54) is 4.88 Å². The van der Waals surface area contributed by atoms with E-state index in [9.17, 15) is 5.11 Å². The van der Waals surface area contributed by atoms with E-state index in [1.807, 2.05) is 13.8 Å². The van der Waals surface area contributed by atoms with Gasteiger partial charge in [-0.15, -0.1) is 11.3 Å². The molecule has 0 amide bonds. The summed E-state index contributed by atoms with van der Waals surface area (Å²) in [5.74, 6) is 0. The highest BCUT2D eigenvalue weighted by Crippen LogP contribution is 2.33. The quantitative estimate of drug-likeness (QED) is 0.811. The van der Waals surface area contributed by atoms with E-state index in [1.54, 1.807) is 11.3 Å². The van der Waals surface area contributed by atoms with Crippen molar-refractivity contribution >= 4 is 16.5 Å². The van der Waals surface area contributed by atoms with Crippen LogP contribution in [0.2, 0.25) is 0 Å². The van der Waals surface area contributed by atoms with Gasteiger partial charge in [0.05, 0.1) is 24.4 Å². The molecule has 2 heterocycles. The van der Waals surface area contributed by atoms with E-state index in [-0.39, 0.29) is 0 Å². The Kier molecular flexibility index (Phi) is 2.27. The molecule has 0 saturated carbocycles. The van der Waals surface area contributed by atoms with Gasteiger partial charge in [-0.3, -0.25) is 0 Å². The van der Waals surface area contributed by atoms with Crippen LogP contribution in [0.1, 0.15) is 23.9 Å². The normalized spacial score (nSPS) is 19.6. The topological polar surface area (TPSA) is 36.4 Å². The fourth-order valence-corrected chi connectivity index (χ4v) is 2.52. The minimum absolute atomic E-state index is 0.465. The van der Waals surface area contributed by atoms with Gasteiger partial charge in [-0.25, -0.2) is 4.98 Å². The van der Waals surface area contributed by atoms with Crippen molar-refractivity contribution in [3.8, 4) is 0 Å². The van der Waals surface area contributed by atoms with Crippen molar-refractivity contribution in [2.45, 2.75) is 32.8 Å². The van der Waals surface area contributed by atoms with Gasteiger partial charge < -0.3 is 10.0 Å². The van der Waals surface area contributed by atoms with Crippen molar-refractivity contribution in [2.75, 3.05) is 18.0 Å². The number of β-amino-alcohol motifs (C(OH)–C–C–N with tert-alkyl or cyclic N) is 1. The molecule has 1 N–H and O–H groups in total. The minimum atomic E-state index is -0.465. The molecule has 0 unspecified atom stereocenters. The van der Waals surface area contributed by atoms with Crippen molar-refractivity contribution in [1.29, 1.82) is 0 Å². The molecule has 0 atom stereocenters. The minimum Gasteiger partial charge on any atom is -0.386 e. The summed E-state index contributed by atoms with van der Waals surface area (Å²) >= 11 is 1.71. The predicted octanol–water partition coefficient (Wildman–Crippen LogP) is 1.72. The van der Waals surface area contributed by atoms with Crippen LogP contribution in [0.3, 0.4) is 0 Å². The van der Waals surface area contributed by atoms with Crippen LogP contribution in [0.4, 0.5) is 5.13 Å². The summed E-state index contributed by atoms with van der Waals surface area (Å²) in [6, 6.07) is 0. The summed E-state index contributed by atoms with van der Waals surface area (Å²) < 4.78 is 0. The average molecular weight is 212 g/mol. The van der Waals surface area contributed by atoms with Crippen molar-refractivity contribution in [3.63, 3.8) is 0 Å². The Morgan fingerprint density at radius 1 is 1.50 bits per heavy atom. The summed E-state index contributed by atoms with van der Waals surface area (Å²) in [5, 5.41) is 10.9. The number of aryl methyl sites for hydroxylation is 2. The van der Waals surface area contributed by atoms with Crippen LogP contribution in [0, 0.1) is 13.8 Å². The smallest absolute Gasteiger partial charge is 0.185 e. The Morgan fingerprint density at radius 3 is 2.57 bits per heavy atom. The van der Waals surface area contributed by atoms with Gasteiger partial charge in [-0.05, 0) is 20.3 Å². The number of hydrogen-bond donors (Lipinski definition) is 1. The van der Waals surface area contributed by atoms with E-state index in [2.05, 4.69) is 16.8 Å². The lowest BCUT2D eigenvalue weighted by molar-refractivity contribution is 0.00850. The Labute approximate surface area is 88.4 Å². The van der Waals surface area contributed by atoms with E-state index in [0.29, 0.717) is 0 Å². The Morgan fingerprint density at radius 2 is 2.14 bits per heavy atom. The second-order valence-electron chi connectivity index (χ2n) is 4.07. The Bertz CT molecular complexity index is 322. The second-order valence-corrected chi connectivity index (χ2v) is 5.25. The first-order chi connectivity index (χ1) is 6.54. The first-order valence-corrected chi connectivity index (χ1v) is 5.77. The van der Waals surface area contributed by atoms with Gasteiger partial charge >= 0.3 is 0 Å². The lowest BCUT2D eigenvalue weighted by Gasteiger charge is -2.46. The fourth-order valence-electron chi connectivity index (χ4n) is 1.61. The number of anilines is 1. The first kappa shape index (κ1) is 9.93. The largest absolute Gasteiger partial charge is 0.386 e. The van der Waals surface area contributed by atoms with Gasteiger partial charge in [0.1, 0.15) is 0 Å². The molecule has 1 aromatic rings. The van der Waals surface area contributed by atoms with Crippen LogP contribution in [0.25, 0.3) is 0 Å². The van der Waals surface area contributed by atoms with Crippen LogP contribution < -0.4 is 4.90 Å². The van der Waals surface area contributed by atoms with Crippen molar-refractivity contribution in [1.82, 2.24) is 4.98 Å². The van der Waals surface area contributed by atoms with Gasteiger partial charge in [0.15, 0.2) is 5.13 Å². The van der Waals surface area contributed by atoms with Crippen molar-refractivity contribution in [3.05, 3.63) is 10.6 Å². The zero-order valence-electron chi connectivity index (χ0n) is 8.87. The third kappa shape index (κ3) is 1.53. The molecule has 3 nitrogen and oxygen atoms in total. The molecule has 78 valence electrons. The van der Waals surface area contributed by atoms with Crippen LogP contribution in [-0.4, -0.2) is 28.8 Å². The molecule has 1 saturated heterocycles. The molecule has 14 heavy (non-hydrogen) atoms. The van der Waals surface area contributed by atoms with E-state index in [0.717, 1.165) is 30.3 Å². The van der Waals surface area contributed by atoms with E-state index >= 15 is 0 Å². The average Bonchev–Trinajstić information content (AvgIpc) is 2.41. The highest BCUT2D eigenvalue weighted by Gasteiger charge is 2.40. The number of nitrogens with zero attached hydrogens (tertiary/aromatic N) is 2. The van der Waals surface area contributed by atoms with E-state index < -0.39 is 5.60 Å². The standard InChI is InChI=1S/C10H16N2OS/c1-4-10(13)5-12(6-10)9-11-7(2)8(3)14-9/h13H,4-6H2,1-3H3. The fraction of sp³-hybridized carbons (Fsp3) is 0.700. The summed E-state index contributed by atoms with van der Waals surface area (Å²) in [7, 11) is 0. The maximum atomic E-state index is 9.86. The molecule has 1 aromatic heterocycles. The number of rotatable bonds is 2. The third-order valence-electron chi connectivity index (χ3n) is 2.92. The number of aromatic nitrogens is 1. The molecule has 1 aliphatic rings. The molecule has 4 heteroatoms. The Hall–Kier alpha value is -0.610. The molecule has 0 spiro atoms. The van der Waals surface area contributed by atoms with Gasteiger partial charge in [-0.1, -0.05) is 6.92 Å². The predicted molar refractivity (Wildman–Crippen MR) is 59.0 cm³/mol. The maximum Gasteiger partial charge on any atom is 0.185 e. The van der Waals surface area contributed by atoms with Gasteiger partial charge in [-0.2, -0.15) is 0 Å². The molecular formula is C10H16N2OS. The lowest BCUT2D eigenvalue weighted by atomic mass is 9.92. The molecule has 1 aliphatic heterocycles. The highest BCUT2D eigenvalue weighted by molar-refractivity contribution is 7.15. The molecular weight excluding hydrogens is 196 g/mol. The van der Waals surface area contributed by atoms with Crippen LogP contribution in [-0.2, 0) is 0 Å². The van der Waals surface area contributed by atoms with E-state index in [4.69, 9.17) is 0 Å². The number of hydrogen-bond acceptors (Lipinski definition) is 4. The highest BCUT2D eigenvalue weighted by atomic mass is 32.1. The third-order valence-corrected chi connectivity index (χ3v) is 4.05. The monoisotopic (exact) mass is 212 g/mol. The zero-order chi connectivity index (χ0) is 10.3. The van der Waals surface area contributed by atoms with Gasteiger partial charge in [0.25, 0.3) is 0 Å². The van der Waals surface area contributed by atoms with Crippen LogP contribution >= 0.6 is 11.3 Å². The van der Waals surface area contributed by atoms with Crippen molar-refractivity contribution in [2.24, 2.45) is 0 Å². The van der Waals surface area contributed by atoms with Crippen LogP contribution in [0.5, 0.6) is 0 Å². The Balaban J connectivity index is 2.06. The molecule has 2 rings (SSSR count). The summed E-state index contributed by atoms with van der Waals surface area (Å²) in [5.41, 5.74) is 0.643. The zero-order valence-corrected chi connectivity index (χ0v) is 9.69. The SMILES string of the molecule is CCC1(O)CN(c2nc(C)c(C)s2)C1. The summed E-state index contributed by atoms with van der Waals surface area (Å²) in [6.07, 6.45) is 0.826. The maximum absolute atomic E-state index is 9.86. The van der Waals surface area contributed by atoms with Crippen LogP contribution in [0.15, 0.2) is 0 Å². The second kappa shape index (κ2) is 3.21.